The number of Topliss-reactive ketones (excluding diaryl/α,β-unsaturated/α-hetero) is 1. The summed E-state index contributed by atoms with van der Waals surface area (Å²) in [6.45, 7) is 2.18. The second-order valence-corrected chi connectivity index (χ2v) is 5.66. The van der Waals surface area contributed by atoms with Crippen LogP contribution in [0.1, 0.15) is 49.4 Å². The maximum absolute atomic E-state index is 12.5. The number of ether oxygens (including phenoxy) is 2. The largest absolute Gasteiger partial charge is 0.454 e. The standard InChI is InChI=1S/C16H21NO3/c1-11(17-13-5-3-2-4-6-13)16(18)12-7-8-14-15(9-12)20-10-19-14/h7-9,11,13,17H,2-6,10H2,1H3. The highest BCUT2D eigenvalue weighted by atomic mass is 16.7. The molecule has 108 valence electrons. The average Bonchev–Trinajstić information content (AvgIpc) is 2.94. The van der Waals surface area contributed by atoms with E-state index in [0.717, 1.165) is 5.75 Å². The molecular formula is C16H21NO3. The molecule has 1 aliphatic heterocycles. The summed E-state index contributed by atoms with van der Waals surface area (Å²) in [7, 11) is 0. The summed E-state index contributed by atoms with van der Waals surface area (Å²) in [5.74, 6) is 1.50. The van der Waals surface area contributed by atoms with Crippen LogP contribution in [0.5, 0.6) is 11.5 Å². The molecule has 1 N–H and O–H groups in total. The van der Waals surface area contributed by atoms with E-state index >= 15 is 0 Å². The number of nitrogens with one attached hydrogen (secondary N) is 1. The van der Waals surface area contributed by atoms with Crippen LogP contribution in [-0.4, -0.2) is 24.7 Å². The predicted octanol–water partition coefficient (Wildman–Crippen LogP) is 2.91. The molecule has 1 atom stereocenters. The summed E-state index contributed by atoms with van der Waals surface area (Å²) in [4.78, 5) is 12.5. The van der Waals surface area contributed by atoms with E-state index in [1.807, 2.05) is 19.1 Å². The van der Waals surface area contributed by atoms with Crippen LogP contribution in [0.4, 0.5) is 0 Å². The first-order valence-electron chi connectivity index (χ1n) is 7.44. The Labute approximate surface area is 119 Å². The molecule has 4 heteroatoms. The first-order valence-corrected chi connectivity index (χ1v) is 7.44. The number of benzene rings is 1. The number of hydrogen-bond acceptors (Lipinski definition) is 4. The van der Waals surface area contributed by atoms with Gasteiger partial charge in [-0.05, 0) is 38.0 Å². The molecule has 1 heterocycles. The van der Waals surface area contributed by atoms with Crippen LogP contribution in [0.2, 0.25) is 0 Å². The van der Waals surface area contributed by atoms with E-state index in [1.165, 1.54) is 32.1 Å². The van der Waals surface area contributed by atoms with Crippen molar-refractivity contribution in [2.75, 3.05) is 6.79 Å². The third-order valence-corrected chi connectivity index (χ3v) is 4.14. The van der Waals surface area contributed by atoms with E-state index in [-0.39, 0.29) is 18.6 Å². The summed E-state index contributed by atoms with van der Waals surface area (Å²) in [5.41, 5.74) is 0.685. The van der Waals surface area contributed by atoms with Gasteiger partial charge < -0.3 is 14.8 Å². The minimum absolute atomic E-state index is 0.119. The SMILES string of the molecule is CC(NC1CCCCC1)C(=O)c1ccc2c(c1)OCO2. The molecular weight excluding hydrogens is 254 g/mol. The minimum Gasteiger partial charge on any atom is -0.454 e. The molecule has 0 aromatic heterocycles. The monoisotopic (exact) mass is 275 g/mol. The van der Waals surface area contributed by atoms with E-state index in [2.05, 4.69) is 5.32 Å². The molecule has 1 aromatic rings. The second kappa shape index (κ2) is 5.83. The van der Waals surface area contributed by atoms with Crippen LogP contribution in [0, 0.1) is 0 Å². The average molecular weight is 275 g/mol. The van der Waals surface area contributed by atoms with Gasteiger partial charge in [0.15, 0.2) is 17.3 Å². The van der Waals surface area contributed by atoms with Crippen molar-refractivity contribution in [1.82, 2.24) is 5.32 Å². The van der Waals surface area contributed by atoms with Gasteiger partial charge in [-0.3, -0.25) is 4.79 Å². The van der Waals surface area contributed by atoms with Gasteiger partial charge in [-0.25, -0.2) is 0 Å². The smallest absolute Gasteiger partial charge is 0.231 e. The van der Waals surface area contributed by atoms with Crippen LogP contribution < -0.4 is 14.8 Å². The molecule has 1 aromatic carbocycles. The van der Waals surface area contributed by atoms with E-state index in [0.29, 0.717) is 17.4 Å². The summed E-state index contributed by atoms with van der Waals surface area (Å²) in [6.07, 6.45) is 6.21. The highest BCUT2D eigenvalue weighted by molar-refractivity contribution is 6.00. The van der Waals surface area contributed by atoms with Gasteiger partial charge in [0.1, 0.15) is 0 Å². The van der Waals surface area contributed by atoms with E-state index in [1.54, 1.807) is 6.07 Å². The van der Waals surface area contributed by atoms with E-state index in [9.17, 15) is 4.79 Å². The highest BCUT2D eigenvalue weighted by Crippen LogP contribution is 2.32. The molecule has 2 aliphatic rings. The van der Waals surface area contributed by atoms with Gasteiger partial charge in [0, 0.05) is 11.6 Å². The fourth-order valence-corrected chi connectivity index (χ4v) is 3.00. The Kier molecular flexibility index (Phi) is 3.92. The third kappa shape index (κ3) is 2.80. The van der Waals surface area contributed by atoms with Gasteiger partial charge in [-0.15, -0.1) is 0 Å². The molecule has 4 nitrogen and oxygen atoms in total. The molecule has 0 spiro atoms. The molecule has 0 amide bonds. The van der Waals surface area contributed by atoms with Crippen LogP contribution in [0.25, 0.3) is 0 Å². The maximum Gasteiger partial charge on any atom is 0.231 e. The van der Waals surface area contributed by atoms with E-state index < -0.39 is 0 Å². The van der Waals surface area contributed by atoms with Crippen LogP contribution in [0.15, 0.2) is 18.2 Å². The molecule has 0 saturated heterocycles. The number of ketones is 1. The van der Waals surface area contributed by atoms with Crippen molar-refractivity contribution in [3.05, 3.63) is 23.8 Å². The van der Waals surface area contributed by atoms with E-state index in [4.69, 9.17) is 9.47 Å². The number of carbonyl (C=O) groups is 1. The molecule has 1 saturated carbocycles. The van der Waals surface area contributed by atoms with Crippen molar-refractivity contribution in [3.8, 4) is 11.5 Å². The second-order valence-electron chi connectivity index (χ2n) is 5.66. The summed E-state index contributed by atoms with van der Waals surface area (Å²) >= 11 is 0. The quantitative estimate of drug-likeness (QED) is 0.858. The van der Waals surface area contributed by atoms with Gasteiger partial charge >= 0.3 is 0 Å². The van der Waals surface area contributed by atoms with Crippen molar-refractivity contribution >= 4 is 5.78 Å². The normalized spacial score (nSPS) is 19.9. The number of rotatable bonds is 4. The van der Waals surface area contributed by atoms with Crippen molar-refractivity contribution < 1.29 is 14.3 Å². The predicted molar refractivity (Wildman–Crippen MR) is 76.4 cm³/mol. The lowest BCUT2D eigenvalue weighted by Gasteiger charge is -2.26. The molecule has 1 fully saturated rings. The van der Waals surface area contributed by atoms with Crippen LogP contribution in [-0.2, 0) is 0 Å². The fourth-order valence-electron chi connectivity index (χ4n) is 3.00. The van der Waals surface area contributed by atoms with Crippen LogP contribution in [0.3, 0.4) is 0 Å². The van der Waals surface area contributed by atoms with Crippen molar-refractivity contribution in [3.63, 3.8) is 0 Å². The van der Waals surface area contributed by atoms with Crippen molar-refractivity contribution in [2.24, 2.45) is 0 Å². The summed E-state index contributed by atoms with van der Waals surface area (Å²) in [5, 5.41) is 3.46. The number of fused-ring (bicyclic) bond motifs is 1. The molecule has 20 heavy (non-hydrogen) atoms. The Bertz CT molecular complexity index is 494. The first kappa shape index (κ1) is 13.4. The number of carbonyl (C=O) groups excluding carboxylic acids is 1. The van der Waals surface area contributed by atoms with Gasteiger partial charge in [0.25, 0.3) is 0 Å². The Morgan fingerprint density at radius 1 is 1.20 bits per heavy atom. The zero-order valence-corrected chi connectivity index (χ0v) is 11.9. The topological polar surface area (TPSA) is 47.6 Å². The Balaban J connectivity index is 1.65. The Morgan fingerprint density at radius 3 is 2.75 bits per heavy atom. The Hall–Kier alpha value is -1.55. The molecule has 0 radical (unpaired) electrons. The lowest BCUT2D eigenvalue weighted by Crippen LogP contribution is -2.42. The lowest BCUT2D eigenvalue weighted by atomic mass is 9.94. The molecule has 1 unspecified atom stereocenters. The molecule has 1 aliphatic carbocycles. The first-order chi connectivity index (χ1) is 9.74. The van der Waals surface area contributed by atoms with Gasteiger partial charge in [0.2, 0.25) is 6.79 Å². The van der Waals surface area contributed by atoms with Crippen LogP contribution >= 0.6 is 0 Å². The lowest BCUT2D eigenvalue weighted by molar-refractivity contribution is 0.0940. The maximum atomic E-state index is 12.5. The summed E-state index contributed by atoms with van der Waals surface area (Å²) < 4.78 is 10.6. The minimum atomic E-state index is -0.154. The molecule has 0 bridgehead atoms. The zero-order valence-electron chi connectivity index (χ0n) is 11.9. The zero-order chi connectivity index (χ0) is 13.9. The van der Waals surface area contributed by atoms with Crippen molar-refractivity contribution in [2.45, 2.75) is 51.1 Å². The van der Waals surface area contributed by atoms with Crippen molar-refractivity contribution in [1.29, 1.82) is 0 Å². The highest BCUT2D eigenvalue weighted by Gasteiger charge is 2.22. The van der Waals surface area contributed by atoms with Gasteiger partial charge in [-0.1, -0.05) is 19.3 Å². The summed E-state index contributed by atoms with van der Waals surface area (Å²) in [6, 6.07) is 5.73. The number of hydrogen-bond donors (Lipinski definition) is 1. The fraction of sp³-hybridized carbons (Fsp3) is 0.562. The molecule has 3 rings (SSSR count). The van der Waals surface area contributed by atoms with Gasteiger partial charge in [-0.2, -0.15) is 0 Å². The Morgan fingerprint density at radius 2 is 1.95 bits per heavy atom. The van der Waals surface area contributed by atoms with Gasteiger partial charge in [0.05, 0.1) is 6.04 Å². The third-order valence-electron chi connectivity index (χ3n) is 4.14.